The van der Waals surface area contributed by atoms with Crippen LogP contribution in [0.4, 0.5) is 5.69 Å². The van der Waals surface area contributed by atoms with Crippen LogP contribution in [-0.4, -0.2) is 28.1 Å². The van der Waals surface area contributed by atoms with E-state index in [-0.39, 0.29) is 23.5 Å². The molecule has 150 valence electrons. The van der Waals surface area contributed by atoms with Gasteiger partial charge in [0.15, 0.2) is 5.78 Å². The highest BCUT2D eigenvalue weighted by molar-refractivity contribution is 6.22. The van der Waals surface area contributed by atoms with E-state index in [1.54, 1.807) is 28.8 Å². The van der Waals surface area contributed by atoms with E-state index < -0.39 is 11.8 Å². The molecule has 0 bridgehead atoms. The van der Waals surface area contributed by atoms with Crippen LogP contribution >= 0.6 is 0 Å². The lowest BCUT2D eigenvalue weighted by Crippen LogP contribution is -2.31. The number of amides is 2. The van der Waals surface area contributed by atoms with Gasteiger partial charge in [-0.1, -0.05) is 18.2 Å². The van der Waals surface area contributed by atoms with E-state index in [4.69, 9.17) is 0 Å². The molecule has 2 aliphatic rings. The Morgan fingerprint density at radius 3 is 2.13 bits per heavy atom. The molecule has 1 aliphatic carbocycles. The van der Waals surface area contributed by atoms with Crippen molar-refractivity contribution in [3.05, 3.63) is 65.4 Å². The smallest absolute Gasteiger partial charge is 0.238 e. The number of hydrogen-bond donors (Lipinski definition) is 0. The summed E-state index contributed by atoms with van der Waals surface area (Å²) in [6, 6.07) is 14.2. The number of Topliss-reactive ketones (excluding diaryl/α,β-unsaturated/α-hetero) is 1. The summed E-state index contributed by atoms with van der Waals surface area (Å²) < 4.78 is 1.68. The van der Waals surface area contributed by atoms with E-state index in [1.165, 1.54) is 18.7 Å². The number of para-hydroxylation sites is 1. The molecule has 3 aromatic rings. The molecule has 1 fully saturated rings. The van der Waals surface area contributed by atoms with Gasteiger partial charge in [-0.3, -0.25) is 28.6 Å². The maximum absolute atomic E-state index is 13.2. The SMILES string of the molecule is CC(=O)c1ccc(N2C(=O)[C@@H]3Cc4c(n(C(C)=O)c5ccccc45)C[C@H]3C2=O)cc1. The van der Waals surface area contributed by atoms with Gasteiger partial charge in [0.1, 0.15) is 0 Å². The minimum atomic E-state index is -0.486. The predicted octanol–water partition coefficient (Wildman–Crippen LogP) is 3.41. The third-order valence-corrected chi connectivity index (χ3v) is 6.33. The lowest BCUT2D eigenvalue weighted by atomic mass is 9.79. The summed E-state index contributed by atoms with van der Waals surface area (Å²) in [6.45, 7) is 2.99. The van der Waals surface area contributed by atoms with Crippen molar-refractivity contribution in [1.82, 2.24) is 4.57 Å². The van der Waals surface area contributed by atoms with Crippen LogP contribution in [0.15, 0.2) is 48.5 Å². The number of anilines is 1. The Labute approximate surface area is 173 Å². The first kappa shape index (κ1) is 18.5. The molecule has 0 N–H and O–H groups in total. The van der Waals surface area contributed by atoms with Crippen molar-refractivity contribution in [1.29, 1.82) is 0 Å². The van der Waals surface area contributed by atoms with Gasteiger partial charge in [0, 0.05) is 30.0 Å². The van der Waals surface area contributed by atoms with Crippen molar-refractivity contribution in [2.24, 2.45) is 11.8 Å². The fraction of sp³-hybridized carbons (Fsp3) is 0.250. The van der Waals surface area contributed by atoms with Gasteiger partial charge in [-0.2, -0.15) is 0 Å². The minimum Gasteiger partial charge on any atom is -0.295 e. The lowest BCUT2D eigenvalue weighted by molar-refractivity contribution is -0.122. The standard InChI is InChI=1S/C24H20N2O4/c1-13(27)15-7-9-16(10-8-15)26-23(29)19-11-18-17-5-3-4-6-21(17)25(14(2)28)22(18)12-20(19)24(26)30/h3-10,19-20H,11-12H2,1-2H3/t19-,20-/m1/s1. The maximum atomic E-state index is 13.2. The highest BCUT2D eigenvalue weighted by Gasteiger charge is 2.51. The molecular formula is C24H20N2O4. The second kappa shape index (κ2) is 6.49. The molecule has 1 aromatic heterocycles. The summed E-state index contributed by atoms with van der Waals surface area (Å²) in [7, 11) is 0. The summed E-state index contributed by atoms with van der Waals surface area (Å²) in [5.41, 5.74) is 3.65. The average molecular weight is 400 g/mol. The lowest BCUT2D eigenvalue weighted by Gasteiger charge is -2.23. The summed E-state index contributed by atoms with van der Waals surface area (Å²) in [5, 5.41) is 0.964. The second-order valence-corrected chi connectivity index (χ2v) is 8.03. The number of carbonyl (C=O) groups excluding carboxylic acids is 4. The van der Waals surface area contributed by atoms with Crippen LogP contribution in [0.2, 0.25) is 0 Å². The van der Waals surface area contributed by atoms with Crippen molar-refractivity contribution >= 4 is 40.1 Å². The second-order valence-electron chi connectivity index (χ2n) is 8.03. The van der Waals surface area contributed by atoms with Gasteiger partial charge in [0.05, 0.1) is 23.0 Å². The van der Waals surface area contributed by atoms with Gasteiger partial charge < -0.3 is 0 Å². The molecule has 2 atom stereocenters. The molecule has 6 heteroatoms. The fourth-order valence-electron chi connectivity index (χ4n) is 4.93. The topological polar surface area (TPSA) is 76.5 Å². The third kappa shape index (κ3) is 2.49. The van der Waals surface area contributed by atoms with E-state index >= 15 is 0 Å². The minimum absolute atomic E-state index is 0.0714. The zero-order valence-corrected chi connectivity index (χ0v) is 16.7. The molecule has 2 heterocycles. The Morgan fingerprint density at radius 2 is 1.50 bits per heavy atom. The maximum Gasteiger partial charge on any atom is 0.238 e. The van der Waals surface area contributed by atoms with Gasteiger partial charge in [0.25, 0.3) is 0 Å². The molecule has 1 saturated heterocycles. The van der Waals surface area contributed by atoms with Gasteiger partial charge >= 0.3 is 0 Å². The van der Waals surface area contributed by atoms with Gasteiger partial charge in [-0.15, -0.1) is 0 Å². The largest absolute Gasteiger partial charge is 0.295 e. The quantitative estimate of drug-likeness (QED) is 0.488. The van der Waals surface area contributed by atoms with Crippen LogP contribution in [0.5, 0.6) is 0 Å². The number of fused-ring (bicyclic) bond motifs is 4. The molecular weight excluding hydrogens is 380 g/mol. The summed E-state index contributed by atoms with van der Waals surface area (Å²) >= 11 is 0. The summed E-state index contributed by atoms with van der Waals surface area (Å²) in [4.78, 5) is 51.6. The molecule has 0 unspecified atom stereocenters. The van der Waals surface area contributed by atoms with E-state index in [2.05, 4.69) is 0 Å². The molecule has 0 saturated carbocycles. The number of benzene rings is 2. The molecule has 30 heavy (non-hydrogen) atoms. The van der Waals surface area contributed by atoms with Crippen LogP contribution < -0.4 is 4.90 Å². The van der Waals surface area contributed by atoms with Crippen molar-refractivity contribution < 1.29 is 19.2 Å². The van der Waals surface area contributed by atoms with Gasteiger partial charge in [-0.05, 0) is 49.2 Å². The van der Waals surface area contributed by atoms with Crippen molar-refractivity contribution in [2.45, 2.75) is 26.7 Å². The first-order chi connectivity index (χ1) is 14.4. The molecule has 1 aliphatic heterocycles. The number of hydrogen-bond acceptors (Lipinski definition) is 4. The summed E-state index contributed by atoms with van der Waals surface area (Å²) in [6.07, 6.45) is 0.800. The van der Waals surface area contributed by atoms with Gasteiger partial charge in [-0.25, -0.2) is 0 Å². The molecule has 0 spiro atoms. The number of imide groups is 1. The third-order valence-electron chi connectivity index (χ3n) is 6.33. The number of ketones is 1. The highest BCUT2D eigenvalue weighted by Crippen LogP contribution is 2.42. The highest BCUT2D eigenvalue weighted by atomic mass is 16.2. The fourth-order valence-corrected chi connectivity index (χ4v) is 4.93. The Balaban J connectivity index is 1.56. The average Bonchev–Trinajstić information content (AvgIpc) is 3.18. The van der Waals surface area contributed by atoms with E-state index in [0.29, 0.717) is 24.1 Å². The van der Waals surface area contributed by atoms with E-state index in [0.717, 1.165) is 22.2 Å². The monoisotopic (exact) mass is 400 g/mol. The zero-order chi connectivity index (χ0) is 21.2. The molecule has 2 aromatic carbocycles. The van der Waals surface area contributed by atoms with Crippen LogP contribution in [0.1, 0.15) is 40.3 Å². The van der Waals surface area contributed by atoms with Crippen LogP contribution in [0.25, 0.3) is 10.9 Å². The van der Waals surface area contributed by atoms with Crippen LogP contribution in [0, 0.1) is 11.8 Å². The summed E-state index contributed by atoms with van der Waals surface area (Å²) in [5.74, 6) is -1.56. The Kier molecular flexibility index (Phi) is 4.00. The first-order valence-electron chi connectivity index (χ1n) is 9.99. The molecule has 2 amide bonds. The van der Waals surface area contributed by atoms with E-state index in [1.807, 2.05) is 24.3 Å². The number of rotatable bonds is 2. The Bertz CT molecular complexity index is 1250. The van der Waals surface area contributed by atoms with Crippen molar-refractivity contribution in [3.63, 3.8) is 0 Å². The zero-order valence-electron chi connectivity index (χ0n) is 16.7. The first-order valence-corrected chi connectivity index (χ1v) is 9.99. The van der Waals surface area contributed by atoms with Gasteiger partial charge in [0.2, 0.25) is 17.7 Å². The Morgan fingerprint density at radius 1 is 0.867 bits per heavy atom. The Hall–Kier alpha value is -3.54. The number of nitrogens with zero attached hydrogens (tertiary/aromatic N) is 2. The van der Waals surface area contributed by atoms with Crippen molar-refractivity contribution in [2.75, 3.05) is 4.90 Å². The molecule has 6 nitrogen and oxygen atoms in total. The normalized spacial score (nSPS) is 20.4. The molecule has 5 rings (SSSR count). The van der Waals surface area contributed by atoms with Crippen LogP contribution in [0.3, 0.4) is 0 Å². The molecule has 0 radical (unpaired) electrons. The van der Waals surface area contributed by atoms with Crippen LogP contribution in [-0.2, 0) is 22.4 Å². The number of carbonyl (C=O) groups is 4. The van der Waals surface area contributed by atoms with E-state index in [9.17, 15) is 19.2 Å². The predicted molar refractivity (Wildman–Crippen MR) is 112 cm³/mol. The van der Waals surface area contributed by atoms with Crippen molar-refractivity contribution in [3.8, 4) is 0 Å². The number of aromatic nitrogens is 1.